The van der Waals surface area contributed by atoms with Gasteiger partial charge < -0.3 is 14.8 Å². The smallest absolute Gasteiger partial charge is 0.337 e. The second-order valence-electron chi connectivity index (χ2n) is 7.85. The topological polar surface area (TPSA) is 88.2 Å². The lowest BCUT2D eigenvalue weighted by atomic mass is 10.0. The minimum absolute atomic E-state index is 0.195. The van der Waals surface area contributed by atoms with Crippen molar-refractivity contribution in [1.29, 1.82) is 0 Å². The Morgan fingerprint density at radius 3 is 2.53 bits per heavy atom. The number of hydrogen-bond donors (Lipinski definition) is 2. The molecule has 5 aromatic rings. The highest BCUT2D eigenvalue weighted by atomic mass is 16.4. The molecule has 0 bridgehead atoms. The number of furan rings is 1. The molecule has 0 aliphatic heterocycles. The molecule has 0 aliphatic carbocycles. The molecule has 0 spiro atoms. The van der Waals surface area contributed by atoms with Gasteiger partial charge in [-0.1, -0.05) is 48.5 Å². The summed E-state index contributed by atoms with van der Waals surface area (Å²) in [4.78, 5) is 11.6. The van der Waals surface area contributed by atoms with Crippen LogP contribution in [0.15, 0.2) is 77.3 Å². The lowest BCUT2D eigenvalue weighted by Crippen LogP contribution is -2.11. The minimum atomic E-state index is -0.969. The number of carboxylic acids is 1. The normalized spacial score (nSPS) is 12.2. The van der Waals surface area contributed by atoms with Gasteiger partial charge in [-0.25, -0.2) is 4.79 Å². The van der Waals surface area contributed by atoms with E-state index in [2.05, 4.69) is 27.6 Å². The van der Waals surface area contributed by atoms with Crippen LogP contribution < -0.4 is 5.32 Å². The molecule has 32 heavy (non-hydrogen) atoms. The molecular weight excluding hydrogens is 402 g/mol. The number of anilines is 1. The highest BCUT2D eigenvalue weighted by Gasteiger charge is 2.20. The van der Waals surface area contributed by atoms with Crippen LogP contribution in [0, 0.1) is 6.92 Å². The van der Waals surface area contributed by atoms with E-state index in [1.165, 1.54) is 0 Å². The van der Waals surface area contributed by atoms with E-state index in [0.717, 1.165) is 33.0 Å². The van der Waals surface area contributed by atoms with E-state index in [-0.39, 0.29) is 11.6 Å². The van der Waals surface area contributed by atoms with E-state index in [1.807, 2.05) is 50.2 Å². The first-order valence-electron chi connectivity index (χ1n) is 10.4. The van der Waals surface area contributed by atoms with E-state index in [1.54, 1.807) is 24.4 Å². The number of hydrogen-bond acceptors (Lipinski definition) is 5. The third kappa shape index (κ3) is 3.36. The van der Waals surface area contributed by atoms with Crippen LogP contribution in [-0.2, 0) is 0 Å². The summed E-state index contributed by atoms with van der Waals surface area (Å²) in [6.45, 7) is 4.03. The third-order valence-corrected chi connectivity index (χ3v) is 5.60. The Morgan fingerprint density at radius 2 is 1.75 bits per heavy atom. The van der Waals surface area contributed by atoms with Gasteiger partial charge in [0.1, 0.15) is 11.3 Å². The van der Waals surface area contributed by atoms with Crippen molar-refractivity contribution < 1.29 is 14.3 Å². The van der Waals surface area contributed by atoms with Crippen LogP contribution in [0.25, 0.3) is 33.2 Å². The summed E-state index contributed by atoms with van der Waals surface area (Å²) in [7, 11) is 0. The van der Waals surface area contributed by atoms with E-state index >= 15 is 0 Å². The zero-order valence-electron chi connectivity index (χ0n) is 17.7. The molecule has 0 radical (unpaired) electrons. The molecule has 0 fully saturated rings. The summed E-state index contributed by atoms with van der Waals surface area (Å²) in [5.74, 6) is -0.969. The second-order valence-corrected chi connectivity index (χ2v) is 7.85. The average Bonchev–Trinajstić information content (AvgIpc) is 3.18. The third-order valence-electron chi connectivity index (χ3n) is 5.60. The van der Waals surface area contributed by atoms with Gasteiger partial charge in [0.2, 0.25) is 0 Å². The average molecular weight is 423 g/mol. The van der Waals surface area contributed by atoms with Gasteiger partial charge in [0, 0.05) is 22.2 Å². The molecular formula is C26H21N3O3. The number of rotatable bonds is 5. The monoisotopic (exact) mass is 423 g/mol. The number of nitrogens with one attached hydrogen (secondary N) is 1. The van der Waals surface area contributed by atoms with Crippen LogP contribution >= 0.6 is 0 Å². The number of para-hydroxylation sites is 1. The molecule has 0 amide bonds. The summed E-state index contributed by atoms with van der Waals surface area (Å²) in [6.07, 6.45) is 1.73. The fourth-order valence-corrected chi connectivity index (χ4v) is 4.10. The van der Waals surface area contributed by atoms with Crippen LogP contribution in [0.5, 0.6) is 0 Å². The van der Waals surface area contributed by atoms with Crippen LogP contribution in [-0.4, -0.2) is 21.3 Å². The van der Waals surface area contributed by atoms with E-state index in [9.17, 15) is 9.90 Å². The minimum Gasteiger partial charge on any atom is -0.478 e. The van der Waals surface area contributed by atoms with Crippen molar-refractivity contribution in [2.24, 2.45) is 0 Å². The number of aromatic carboxylic acids is 1. The second kappa shape index (κ2) is 7.81. The number of aromatic nitrogens is 2. The molecule has 2 aromatic heterocycles. The van der Waals surface area contributed by atoms with Crippen molar-refractivity contribution in [2.75, 3.05) is 5.32 Å². The maximum atomic E-state index is 11.6. The molecule has 0 unspecified atom stereocenters. The fourth-order valence-electron chi connectivity index (χ4n) is 4.10. The van der Waals surface area contributed by atoms with E-state index in [0.29, 0.717) is 17.0 Å². The molecule has 0 saturated heterocycles. The Morgan fingerprint density at radius 1 is 1.00 bits per heavy atom. The molecule has 2 heterocycles. The first kappa shape index (κ1) is 19.8. The van der Waals surface area contributed by atoms with E-state index < -0.39 is 5.97 Å². The van der Waals surface area contributed by atoms with Gasteiger partial charge in [0.15, 0.2) is 5.58 Å². The molecule has 0 saturated carbocycles. The number of fused-ring (bicyclic) bond motifs is 3. The molecule has 1 atom stereocenters. The molecule has 3 aromatic carbocycles. The van der Waals surface area contributed by atoms with Crippen molar-refractivity contribution in [2.45, 2.75) is 19.9 Å². The predicted molar refractivity (Wildman–Crippen MR) is 125 cm³/mol. The standard InChI is InChI=1S/C26H21N3O3/c1-15-12-19(16(2)28-22-11-7-6-10-18(22)26(30)31)24-20(13-15)21-14-27-29-23(25(21)32-24)17-8-4-3-5-9-17/h3-14,16,28H,1-2H3,(H,30,31)/t16-/m1/s1. The number of carbonyl (C=O) groups is 1. The summed E-state index contributed by atoms with van der Waals surface area (Å²) >= 11 is 0. The van der Waals surface area contributed by atoms with Gasteiger partial charge in [-0.3, -0.25) is 0 Å². The summed E-state index contributed by atoms with van der Waals surface area (Å²) < 4.78 is 6.40. The van der Waals surface area contributed by atoms with Crippen molar-refractivity contribution in [1.82, 2.24) is 10.2 Å². The number of aryl methyl sites for hydroxylation is 1. The van der Waals surface area contributed by atoms with E-state index in [4.69, 9.17) is 4.42 Å². The van der Waals surface area contributed by atoms with Crippen molar-refractivity contribution in [3.8, 4) is 11.3 Å². The number of carboxylic acid groups (broad SMARTS) is 1. The van der Waals surface area contributed by atoms with Crippen molar-refractivity contribution in [3.63, 3.8) is 0 Å². The molecule has 5 rings (SSSR count). The van der Waals surface area contributed by atoms with Gasteiger partial charge in [-0.2, -0.15) is 5.10 Å². The molecule has 2 N–H and O–H groups in total. The predicted octanol–water partition coefficient (Wildman–Crippen LogP) is 6.22. The number of nitrogens with zero attached hydrogens (tertiary/aromatic N) is 2. The first-order valence-corrected chi connectivity index (χ1v) is 10.4. The van der Waals surface area contributed by atoms with Gasteiger partial charge in [0.05, 0.1) is 23.2 Å². The maximum absolute atomic E-state index is 11.6. The van der Waals surface area contributed by atoms with Crippen LogP contribution in [0.1, 0.15) is 34.5 Å². The highest BCUT2D eigenvalue weighted by Crippen LogP contribution is 2.38. The summed E-state index contributed by atoms with van der Waals surface area (Å²) in [6, 6.07) is 20.7. The quantitative estimate of drug-likeness (QED) is 0.349. The number of benzene rings is 3. The molecule has 0 aliphatic rings. The Hall–Kier alpha value is -4.19. The van der Waals surface area contributed by atoms with Gasteiger partial charge in [-0.05, 0) is 37.6 Å². The molecule has 6 heteroatoms. The Balaban J connectivity index is 1.67. The van der Waals surface area contributed by atoms with Crippen LogP contribution in [0.2, 0.25) is 0 Å². The van der Waals surface area contributed by atoms with Crippen molar-refractivity contribution in [3.05, 3.63) is 89.6 Å². The zero-order chi connectivity index (χ0) is 22.2. The maximum Gasteiger partial charge on any atom is 0.337 e. The van der Waals surface area contributed by atoms with Crippen molar-refractivity contribution >= 4 is 33.6 Å². The summed E-state index contributed by atoms with van der Waals surface area (Å²) in [5.41, 5.74) is 5.86. The Bertz CT molecular complexity index is 1460. The zero-order valence-corrected chi connectivity index (χ0v) is 17.7. The van der Waals surface area contributed by atoms with Gasteiger partial charge in [0.25, 0.3) is 0 Å². The highest BCUT2D eigenvalue weighted by molar-refractivity contribution is 6.09. The van der Waals surface area contributed by atoms with Gasteiger partial charge >= 0.3 is 5.97 Å². The van der Waals surface area contributed by atoms with Crippen LogP contribution in [0.4, 0.5) is 5.69 Å². The summed E-state index contributed by atoms with van der Waals surface area (Å²) in [5, 5.41) is 23.3. The van der Waals surface area contributed by atoms with Crippen LogP contribution in [0.3, 0.4) is 0 Å². The lowest BCUT2D eigenvalue weighted by Gasteiger charge is -2.18. The molecule has 158 valence electrons. The SMILES string of the molecule is Cc1cc([C@@H](C)Nc2ccccc2C(=O)O)c2oc3c(-c4ccccc4)nncc3c2c1. The lowest BCUT2D eigenvalue weighted by molar-refractivity contribution is 0.0698. The molecule has 6 nitrogen and oxygen atoms in total. The van der Waals surface area contributed by atoms with Gasteiger partial charge in [-0.15, -0.1) is 5.10 Å². The largest absolute Gasteiger partial charge is 0.478 e. The Labute approximate surface area is 184 Å². The first-order chi connectivity index (χ1) is 15.5. The Kier molecular flexibility index (Phi) is 4.82. The fraction of sp³-hybridized carbons (Fsp3) is 0.115.